The average molecular weight is 363 g/mol. The van der Waals surface area contributed by atoms with E-state index in [0.29, 0.717) is 12.5 Å². The lowest BCUT2D eigenvalue weighted by molar-refractivity contribution is 0.677. The highest BCUT2D eigenvalue weighted by atomic mass is 79.9. The van der Waals surface area contributed by atoms with Crippen LogP contribution in [-0.2, 0) is 6.54 Å². The van der Waals surface area contributed by atoms with E-state index in [1.807, 2.05) is 29.1 Å². The lowest BCUT2D eigenvalue weighted by atomic mass is 10.2. The van der Waals surface area contributed by atoms with Gasteiger partial charge in [-0.05, 0) is 15.9 Å². The van der Waals surface area contributed by atoms with Crippen LogP contribution in [0.4, 0.5) is 0 Å². The molecule has 2 heterocycles. The summed E-state index contributed by atoms with van der Waals surface area (Å²) in [5.41, 5.74) is 2.05. The van der Waals surface area contributed by atoms with Crippen molar-refractivity contribution in [3.05, 3.63) is 51.0 Å². The molecule has 2 aromatic heterocycles. The molecule has 6 heteroatoms. The normalized spacial score (nSPS) is 11.2. The molecule has 3 rings (SSSR count). The van der Waals surface area contributed by atoms with Crippen molar-refractivity contribution in [3.63, 3.8) is 0 Å². The van der Waals surface area contributed by atoms with E-state index in [1.54, 1.807) is 11.3 Å². The first-order valence-corrected chi connectivity index (χ1v) is 8.35. The summed E-state index contributed by atoms with van der Waals surface area (Å²) in [4.78, 5) is 0. The minimum Gasteiger partial charge on any atom is -0.264 e. The van der Waals surface area contributed by atoms with Crippen LogP contribution in [0.15, 0.2) is 41.0 Å². The van der Waals surface area contributed by atoms with E-state index in [0.717, 1.165) is 25.7 Å². The molecule has 0 saturated heterocycles. The molecule has 0 unspecified atom stereocenters. The summed E-state index contributed by atoms with van der Waals surface area (Å²) in [6, 6.07) is 10.1. The van der Waals surface area contributed by atoms with Gasteiger partial charge in [-0.1, -0.05) is 55.5 Å². The highest BCUT2D eigenvalue weighted by molar-refractivity contribution is 9.10. The van der Waals surface area contributed by atoms with Crippen LogP contribution in [-0.4, -0.2) is 20.0 Å². The number of hydrogen-bond donors (Lipinski definition) is 0. The molecule has 0 aliphatic heterocycles. The van der Waals surface area contributed by atoms with Crippen molar-refractivity contribution >= 4 is 27.3 Å². The van der Waals surface area contributed by atoms with Crippen LogP contribution in [0, 0.1) is 0 Å². The maximum absolute atomic E-state index is 4.64. The molecule has 4 nitrogen and oxygen atoms in total. The van der Waals surface area contributed by atoms with E-state index in [-0.39, 0.29) is 0 Å². The smallest absolute Gasteiger partial charge is 0.139 e. The highest BCUT2D eigenvalue weighted by Crippen LogP contribution is 2.27. The molecule has 0 aliphatic rings. The molecule has 0 amide bonds. The number of aromatic nitrogens is 4. The van der Waals surface area contributed by atoms with Crippen LogP contribution in [0.1, 0.15) is 29.8 Å². The topological polar surface area (TPSA) is 43.6 Å². The van der Waals surface area contributed by atoms with E-state index in [1.165, 1.54) is 0 Å². The largest absolute Gasteiger partial charge is 0.264 e. The summed E-state index contributed by atoms with van der Waals surface area (Å²) in [7, 11) is 0. The standard InChI is InChI=1S/C15H15BrN4S/c1-10(2)15-18-17-13(21-15)9-20-8-12(16)14(19-20)11-6-4-3-5-7-11/h3-8,10H,9H2,1-2H3. The van der Waals surface area contributed by atoms with Gasteiger partial charge in [0.1, 0.15) is 15.7 Å². The second-order valence-electron chi connectivity index (χ2n) is 5.08. The molecular formula is C15H15BrN4S. The predicted molar refractivity (Wildman–Crippen MR) is 88.5 cm³/mol. The van der Waals surface area contributed by atoms with Gasteiger partial charge in [-0.25, -0.2) is 0 Å². The zero-order valence-corrected chi connectivity index (χ0v) is 14.2. The molecule has 108 valence electrons. The van der Waals surface area contributed by atoms with Crippen molar-refractivity contribution in [2.75, 3.05) is 0 Å². The molecule has 1 aromatic carbocycles. The minimum atomic E-state index is 0.417. The van der Waals surface area contributed by atoms with Crippen LogP contribution in [0.2, 0.25) is 0 Å². The Labute approximate surface area is 136 Å². The Morgan fingerprint density at radius 2 is 1.95 bits per heavy atom. The Balaban J connectivity index is 1.84. The quantitative estimate of drug-likeness (QED) is 0.693. The summed E-state index contributed by atoms with van der Waals surface area (Å²) in [5.74, 6) is 0.417. The lowest BCUT2D eigenvalue weighted by Crippen LogP contribution is -1.99. The average Bonchev–Trinajstić information content (AvgIpc) is 3.07. The van der Waals surface area contributed by atoms with Gasteiger partial charge in [0.15, 0.2) is 0 Å². The Morgan fingerprint density at radius 3 is 2.62 bits per heavy atom. The number of halogens is 1. The molecule has 0 saturated carbocycles. The fourth-order valence-corrected chi connectivity index (χ4v) is 3.35. The van der Waals surface area contributed by atoms with Crippen LogP contribution in [0.3, 0.4) is 0 Å². The first-order valence-electron chi connectivity index (χ1n) is 6.74. The zero-order chi connectivity index (χ0) is 14.8. The zero-order valence-electron chi connectivity index (χ0n) is 11.8. The predicted octanol–water partition coefficient (Wildman–Crippen LogP) is 4.34. The third-order valence-electron chi connectivity index (χ3n) is 3.04. The number of hydrogen-bond acceptors (Lipinski definition) is 4. The van der Waals surface area contributed by atoms with Gasteiger partial charge in [0.05, 0.1) is 11.0 Å². The van der Waals surface area contributed by atoms with Crippen LogP contribution in [0.25, 0.3) is 11.3 Å². The minimum absolute atomic E-state index is 0.417. The third-order valence-corrected chi connectivity index (χ3v) is 4.83. The summed E-state index contributed by atoms with van der Waals surface area (Å²) in [5, 5.41) is 15.1. The summed E-state index contributed by atoms with van der Waals surface area (Å²) >= 11 is 5.23. The monoisotopic (exact) mass is 362 g/mol. The van der Waals surface area contributed by atoms with E-state index >= 15 is 0 Å². The van der Waals surface area contributed by atoms with Gasteiger partial charge in [0.25, 0.3) is 0 Å². The van der Waals surface area contributed by atoms with Gasteiger partial charge in [-0.2, -0.15) is 5.10 Å². The fourth-order valence-electron chi connectivity index (χ4n) is 1.97. The Bertz CT molecular complexity index is 733. The van der Waals surface area contributed by atoms with E-state index in [4.69, 9.17) is 0 Å². The molecule has 3 aromatic rings. The Morgan fingerprint density at radius 1 is 1.19 bits per heavy atom. The van der Waals surface area contributed by atoms with Crippen molar-refractivity contribution < 1.29 is 0 Å². The van der Waals surface area contributed by atoms with Crippen molar-refractivity contribution in [2.24, 2.45) is 0 Å². The Kier molecular flexibility index (Phi) is 4.17. The maximum Gasteiger partial charge on any atom is 0.139 e. The number of nitrogens with zero attached hydrogens (tertiary/aromatic N) is 4. The second kappa shape index (κ2) is 6.07. The van der Waals surface area contributed by atoms with Gasteiger partial charge >= 0.3 is 0 Å². The van der Waals surface area contributed by atoms with E-state index in [9.17, 15) is 0 Å². The molecule has 21 heavy (non-hydrogen) atoms. The first-order chi connectivity index (χ1) is 10.1. The fraction of sp³-hybridized carbons (Fsp3) is 0.267. The number of rotatable bonds is 4. The van der Waals surface area contributed by atoms with Crippen molar-refractivity contribution in [2.45, 2.75) is 26.3 Å². The van der Waals surface area contributed by atoms with Crippen LogP contribution < -0.4 is 0 Å². The molecule has 0 spiro atoms. The highest BCUT2D eigenvalue weighted by Gasteiger charge is 2.12. The molecular weight excluding hydrogens is 348 g/mol. The van der Waals surface area contributed by atoms with Gasteiger partial charge < -0.3 is 0 Å². The van der Waals surface area contributed by atoms with Gasteiger partial charge in [-0.3, -0.25) is 4.68 Å². The van der Waals surface area contributed by atoms with E-state index in [2.05, 4.69) is 57.2 Å². The molecule has 0 aliphatic carbocycles. The molecule has 0 atom stereocenters. The maximum atomic E-state index is 4.64. The summed E-state index contributed by atoms with van der Waals surface area (Å²) in [6.45, 7) is 4.90. The third kappa shape index (κ3) is 3.22. The van der Waals surface area contributed by atoms with Gasteiger partial charge in [-0.15, -0.1) is 10.2 Å². The molecule has 0 bridgehead atoms. The Hall–Kier alpha value is -1.53. The second-order valence-corrected chi connectivity index (χ2v) is 7.03. The van der Waals surface area contributed by atoms with Crippen molar-refractivity contribution in [1.29, 1.82) is 0 Å². The van der Waals surface area contributed by atoms with Gasteiger partial charge in [0, 0.05) is 17.7 Å². The molecule has 0 N–H and O–H groups in total. The SMILES string of the molecule is CC(C)c1nnc(Cn2cc(Br)c(-c3ccccc3)n2)s1. The van der Waals surface area contributed by atoms with Crippen LogP contribution in [0.5, 0.6) is 0 Å². The molecule has 0 radical (unpaired) electrons. The molecule has 0 fully saturated rings. The first kappa shape index (κ1) is 14.4. The van der Waals surface area contributed by atoms with Crippen LogP contribution >= 0.6 is 27.3 Å². The van der Waals surface area contributed by atoms with E-state index < -0.39 is 0 Å². The summed E-state index contributed by atoms with van der Waals surface area (Å²) in [6.07, 6.45) is 1.98. The van der Waals surface area contributed by atoms with Gasteiger partial charge in [0.2, 0.25) is 0 Å². The van der Waals surface area contributed by atoms with Crippen molar-refractivity contribution in [1.82, 2.24) is 20.0 Å². The lowest BCUT2D eigenvalue weighted by Gasteiger charge is -1.98. The van der Waals surface area contributed by atoms with Crippen molar-refractivity contribution in [3.8, 4) is 11.3 Å². The summed E-state index contributed by atoms with van der Waals surface area (Å²) < 4.78 is 2.89. The number of benzene rings is 1.